The Bertz CT molecular complexity index is 295. The predicted molar refractivity (Wildman–Crippen MR) is 83.8 cm³/mol. The molecule has 0 aromatic heterocycles. The summed E-state index contributed by atoms with van der Waals surface area (Å²) in [6.45, 7) is 16.3. The van der Waals surface area contributed by atoms with Crippen LogP contribution in [0.1, 0.15) is 47.5 Å². The van der Waals surface area contributed by atoms with Crippen molar-refractivity contribution in [2.45, 2.75) is 64.9 Å². The first-order chi connectivity index (χ1) is 8.79. The van der Waals surface area contributed by atoms with Crippen LogP contribution < -0.4 is 0 Å². The smallest absolute Gasteiger partial charge is 0.0781 e. The summed E-state index contributed by atoms with van der Waals surface area (Å²) in [6, 6.07) is 1.21. The van der Waals surface area contributed by atoms with Crippen molar-refractivity contribution in [1.82, 2.24) is 9.80 Å². The second kappa shape index (κ2) is 5.77. The maximum absolute atomic E-state index is 6.62. The quantitative estimate of drug-likeness (QED) is 0.719. The molecule has 2 nitrogen and oxygen atoms in total. The summed E-state index contributed by atoms with van der Waals surface area (Å²) in [5.74, 6) is 1.75. The van der Waals surface area contributed by atoms with Crippen molar-refractivity contribution in [1.29, 1.82) is 0 Å². The van der Waals surface area contributed by atoms with Gasteiger partial charge in [-0.15, -0.1) is 0 Å². The zero-order valence-electron chi connectivity index (χ0n) is 13.5. The van der Waals surface area contributed by atoms with Crippen LogP contribution in [0.15, 0.2) is 0 Å². The van der Waals surface area contributed by atoms with E-state index in [2.05, 4.69) is 44.4 Å². The Morgan fingerprint density at radius 2 is 1.84 bits per heavy atom. The van der Waals surface area contributed by atoms with Gasteiger partial charge in [0.05, 0.1) is 7.85 Å². The number of hydrogen-bond acceptors (Lipinski definition) is 2. The molecule has 2 saturated heterocycles. The third kappa shape index (κ3) is 3.55. The molecule has 2 aliphatic heterocycles. The van der Waals surface area contributed by atoms with Crippen molar-refractivity contribution < 1.29 is 0 Å². The fourth-order valence-corrected chi connectivity index (χ4v) is 3.96. The highest BCUT2D eigenvalue weighted by Gasteiger charge is 2.43. The molecule has 2 radical (unpaired) electrons. The molecule has 2 heterocycles. The average Bonchev–Trinajstić information content (AvgIpc) is 2.22. The summed E-state index contributed by atoms with van der Waals surface area (Å²) in [5.41, 5.74) is 0. The first kappa shape index (κ1) is 15.4. The van der Waals surface area contributed by atoms with Crippen LogP contribution in [0.2, 0.25) is 5.31 Å². The minimum Gasteiger partial charge on any atom is -0.301 e. The van der Waals surface area contributed by atoms with Gasteiger partial charge in [0.15, 0.2) is 0 Å². The Labute approximate surface area is 121 Å². The molecule has 2 rings (SSSR count). The SMILES string of the molecule is [B]C1(C)CN(C(C)C)CCC1N1CC(CC(C)C)C1. The van der Waals surface area contributed by atoms with Crippen molar-refractivity contribution in [2.75, 3.05) is 26.2 Å². The van der Waals surface area contributed by atoms with Crippen LogP contribution in [-0.2, 0) is 0 Å². The largest absolute Gasteiger partial charge is 0.301 e. The molecule has 0 aromatic carbocycles. The van der Waals surface area contributed by atoms with E-state index < -0.39 is 0 Å². The van der Waals surface area contributed by atoms with Gasteiger partial charge in [0.25, 0.3) is 0 Å². The van der Waals surface area contributed by atoms with E-state index in [1.165, 1.54) is 32.5 Å². The van der Waals surface area contributed by atoms with E-state index in [-0.39, 0.29) is 5.31 Å². The normalized spacial score (nSPS) is 35.0. The zero-order chi connectivity index (χ0) is 14.2. The van der Waals surface area contributed by atoms with E-state index in [1.54, 1.807) is 0 Å². The summed E-state index contributed by atoms with van der Waals surface area (Å²) in [7, 11) is 6.62. The van der Waals surface area contributed by atoms with Gasteiger partial charge in [0.2, 0.25) is 0 Å². The fraction of sp³-hybridized carbons (Fsp3) is 1.00. The van der Waals surface area contributed by atoms with Gasteiger partial charge in [0, 0.05) is 25.2 Å². The predicted octanol–water partition coefficient (Wildman–Crippen LogP) is 2.79. The molecule has 2 atom stereocenters. The summed E-state index contributed by atoms with van der Waals surface area (Å²) in [5, 5.41) is -0.0503. The van der Waals surface area contributed by atoms with Gasteiger partial charge in [-0.1, -0.05) is 20.8 Å². The first-order valence-corrected chi connectivity index (χ1v) is 8.06. The van der Waals surface area contributed by atoms with E-state index in [0.717, 1.165) is 18.4 Å². The van der Waals surface area contributed by atoms with Gasteiger partial charge < -0.3 is 4.90 Å². The molecule has 0 saturated carbocycles. The van der Waals surface area contributed by atoms with Crippen molar-refractivity contribution >= 4 is 7.85 Å². The van der Waals surface area contributed by atoms with E-state index >= 15 is 0 Å². The van der Waals surface area contributed by atoms with Crippen molar-refractivity contribution in [3.63, 3.8) is 0 Å². The Morgan fingerprint density at radius 3 is 2.32 bits per heavy atom. The molecule has 108 valence electrons. The van der Waals surface area contributed by atoms with E-state index in [4.69, 9.17) is 7.85 Å². The number of rotatable bonds is 4. The van der Waals surface area contributed by atoms with Gasteiger partial charge in [-0.25, -0.2) is 0 Å². The maximum Gasteiger partial charge on any atom is 0.0781 e. The van der Waals surface area contributed by atoms with Crippen LogP contribution in [0.4, 0.5) is 0 Å². The van der Waals surface area contributed by atoms with Crippen molar-refractivity contribution in [3.05, 3.63) is 0 Å². The van der Waals surface area contributed by atoms with Gasteiger partial charge in [-0.3, -0.25) is 4.90 Å². The fourth-order valence-electron chi connectivity index (χ4n) is 3.96. The Kier molecular flexibility index (Phi) is 4.67. The molecule has 0 bridgehead atoms. The minimum absolute atomic E-state index is 0.0503. The molecule has 0 amide bonds. The molecular weight excluding hydrogens is 231 g/mol. The summed E-state index contributed by atoms with van der Waals surface area (Å²) in [6.07, 6.45) is 2.61. The second-order valence-electron chi connectivity index (χ2n) is 7.82. The molecular formula is C16H31BN2. The van der Waals surface area contributed by atoms with E-state index in [9.17, 15) is 0 Å². The summed E-state index contributed by atoms with van der Waals surface area (Å²) >= 11 is 0. The van der Waals surface area contributed by atoms with Gasteiger partial charge in [-0.05, 0) is 56.9 Å². The number of likely N-dealkylation sites (tertiary alicyclic amines) is 2. The number of hydrogen-bond donors (Lipinski definition) is 0. The van der Waals surface area contributed by atoms with Crippen LogP contribution in [0.3, 0.4) is 0 Å². The average molecular weight is 262 g/mol. The Hall–Kier alpha value is -0.0151. The van der Waals surface area contributed by atoms with Gasteiger partial charge in [0.1, 0.15) is 0 Å². The zero-order valence-corrected chi connectivity index (χ0v) is 13.5. The first-order valence-electron chi connectivity index (χ1n) is 8.06. The summed E-state index contributed by atoms with van der Waals surface area (Å²) in [4.78, 5) is 5.17. The molecule has 0 N–H and O–H groups in total. The molecule has 19 heavy (non-hydrogen) atoms. The van der Waals surface area contributed by atoms with Crippen molar-refractivity contribution in [2.24, 2.45) is 11.8 Å². The molecule has 3 heteroatoms. The third-order valence-corrected chi connectivity index (χ3v) is 4.96. The standard InChI is InChI=1S/C16H31BN2/c1-12(2)8-14-9-19(10-14)15-6-7-18(13(3)4)11-16(15,5)17/h12-15H,6-11H2,1-5H3. The van der Waals surface area contributed by atoms with Gasteiger partial charge >= 0.3 is 0 Å². The van der Waals surface area contributed by atoms with Crippen LogP contribution in [0.25, 0.3) is 0 Å². The topological polar surface area (TPSA) is 6.48 Å². The highest BCUT2D eigenvalue weighted by molar-refractivity contribution is 6.15. The molecule has 0 spiro atoms. The monoisotopic (exact) mass is 262 g/mol. The lowest BCUT2D eigenvalue weighted by Crippen LogP contribution is -2.61. The second-order valence-corrected chi connectivity index (χ2v) is 7.82. The molecule has 2 aliphatic rings. The third-order valence-electron chi connectivity index (χ3n) is 4.96. The molecule has 0 aliphatic carbocycles. The minimum atomic E-state index is -0.0503. The lowest BCUT2D eigenvalue weighted by Gasteiger charge is -2.55. The molecule has 0 aromatic rings. The van der Waals surface area contributed by atoms with Crippen LogP contribution in [-0.4, -0.2) is 55.9 Å². The van der Waals surface area contributed by atoms with E-state index in [0.29, 0.717) is 12.1 Å². The number of nitrogens with zero attached hydrogens (tertiary/aromatic N) is 2. The Morgan fingerprint density at radius 1 is 1.21 bits per heavy atom. The molecule has 2 unspecified atom stereocenters. The lowest BCUT2D eigenvalue weighted by atomic mass is 9.61. The van der Waals surface area contributed by atoms with Crippen molar-refractivity contribution in [3.8, 4) is 0 Å². The van der Waals surface area contributed by atoms with Crippen LogP contribution >= 0.6 is 0 Å². The van der Waals surface area contributed by atoms with Crippen LogP contribution in [0, 0.1) is 11.8 Å². The number of piperidine rings is 1. The summed E-state index contributed by atoms with van der Waals surface area (Å²) < 4.78 is 0. The molecule has 2 fully saturated rings. The highest BCUT2D eigenvalue weighted by Crippen LogP contribution is 2.41. The lowest BCUT2D eigenvalue weighted by molar-refractivity contribution is -0.0134. The Balaban J connectivity index is 1.86. The van der Waals surface area contributed by atoms with Gasteiger partial charge in [-0.2, -0.15) is 0 Å². The highest BCUT2D eigenvalue weighted by atomic mass is 15.3. The maximum atomic E-state index is 6.62. The van der Waals surface area contributed by atoms with Crippen LogP contribution in [0.5, 0.6) is 0 Å². The van der Waals surface area contributed by atoms with E-state index in [1.807, 2.05) is 0 Å².